The summed E-state index contributed by atoms with van der Waals surface area (Å²) in [5.41, 5.74) is 1.42. The van der Waals surface area contributed by atoms with Gasteiger partial charge in [0.2, 0.25) is 0 Å². The van der Waals surface area contributed by atoms with Crippen molar-refractivity contribution in [2.45, 2.75) is 31.8 Å². The highest BCUT2D eigenvalue weighted by Gasteiger charge is 2.28. The predicted octanol–water partition coefficient (Wildman–Crippen LogP) is 3.24. The number of amides is 1. The quantitative estimate of drug-likeness (QED) is 0.736. The van der Waals surface area contributed by atoms with Gasteiger partial charge in [-0.05, 0) is 62.2 Å². The number of halogens is 1. The number of likely N-dealkylation sites (tertiary alicyclic amines) is 1. The molecule has 150 valence electrons. The summed E-state index contributed by atoms with van der Waals surface area (Å²) in [5.74, 6) is 0.191. The van der Waals surface area contributed by atoms with E-state index in [-0.39, 0.29) is 23.2 Å². The number of pyridine rings is 2. The zero-order chi connectivity index (χ0) is 20.4. The molecule has 3 heterocycles. The lowest BCUT2D eigenvalue weighted by molar-refractivity contribution is -0.139. The number of ether oxygens (including phenoxy) is 1. The Hall–Kier alpha value is -3.22. The van der Waals surface area contributed by atoms with Crippen LogP contribution in [0.1, 0.15) is 31.4 Å². The molecule has 1 N–H and O–H groups in total. The molecule has 29 heavy (non-hydrogen) atoms. The number of rotatable bonds is 4. The number of fused-ring (bicyclic) bond motifs is 1. The third kappa shape index (κ3) is 4.13. The summed E-state index contributed by atoms with van der Waals surface area (Å²) in [4.78, 5) is 34.0. The monoisotopic (exact) mass is 395 g/mol. The Morgan fingerprint density at radius 3 is 2.69 bits per heavy atom. The van der Waals surface area contributed by atoms with Crippen molar-refractivity contribution in [1.29, 1.82) is 0 Å². The van der Waals surface area contributed by atoms with E-state index < -0.39 is 6.10 Å². The fourth-order valence-electron chi connectivity index (χ4n) is 3.76. The number of benzene rings is 1. The molecule has 0 aliphatic carbocycles. The maximum absolute atomic E-state index is 13.0. The van der Waals surface area contributed by atoms with Crippen LogP contribution in [0.5, 0.6) is 5.75 Å². The molecule has 1 amide bonds. The first-order valence-corrected chi connectivity index (χ1v) is 9.70. The van der Waals surface area contributed by atoms with Gasteiger partial charge in [-0.3, -0.25) is 14.6 Å². The minimum absolute atomic E-state index is 0.0959. The van der Waals surface area contributed by atoms with E-state index in [1.807, 2.05) is 6.07 Å². The van der Waals surface area contributed by atoms with Crippen LogP contribution in [0.4, 0.5) is 4.39 Å². The molecule has 4 rings (SSSR count). The predicted molar refractivity (Wildman–Crippen MR) is 107 cm³/mol. The van der Waals surface area contributed by atoms with E-state index in [2.05, 4.69) is 9.97 Å². The van der Waals surface area contributed by atoms with Gasteiger partial charge in [-0.2, -0.15) is 0 Å². The first kappa shape index (κ1) is 19.1. The molecule has 2 aromatic heterocycles. The second-order valence-electron chi connectivity index (χ2n) is 7.30. The summed E-state index contributed by atoms with van der Waals surface area (Å²) < 4.78 is 18.7. The molecule has 1 aliphatic heterocycles. The van der Waals surface area contributed by atoms with Gasteiger partial charge in [0, 0.05) is 30.9 Å². The van der Waals surface area contributed by atoms with Crippen molar-refractivity contribution < 1.29 is 13.9 Å². The van der Waals surface area contributed by atoms with Crippen molar-refractivity contribution in [3.05, 3.63) is 70.5 Å². The van der Waals surface area contributed by atoms with Gasteiger partial charge in [-0.1, -0.05) is 0 Å². The van der Waals surface area contributed by atoms with Gasteiger partial charge in [-0.25, -0.2) is 4.39 Å². The molecule has 3 aromatic rings. The van der Waals surface area contributed by atoms with Crippen LogP contribution >= 0.6 is 0 Å². The van der Waals surface area contributed by atoms with Gasteiger partial charge < -0.3 is 14.6 Å². The van der Waals surface area contributed by atoms with Crippen LogP contribution in [-0.2, 0) is 4.79 Å². The summed E-state index contributed by atoms with van der Waals surface area (Å²) in [6.45, 7) is 2.87. The summed E-state index contributed by atoms with van der Waals surface area (Å²) in [6, 6.07) is 11.1. The van der Waals surface area contributed by atoms with Crippen LogP contribution in [-0.4, -0.2) is 40.0 Å². The molecule has 0 saturated carbocycles. The molecule has 1 aliphatic rings. The third-order valence-electron chi connectivity index (χ3n) is 5.35. The highest BCUT2D eigenvalue weighted by atomic mass is 19.1. The summed E-state index contributed by atoms with van der Waals surface area (Å²) >= 11 is 0. The number of nitrogens with one attached hydrogen (secondary N) is 1. The van der Waals surface area contributed by atoms with E-state index in [0.717, 1.165) is 18.5 Å². The second kappa shape index (κ2) is 8.03. The van der Waals surface area contributed by atoms with Crippen molar-refractivity contribution in [3.63, 3.8) is 0 Å². The number of hydrogen-bond donors (Lipinski definition) is 1. The van der Waals surface area contributed by atoms with Gasteiger partial charge >= 0.3 is 0 Å². The maximum atomic E-state index is 13.0. The topological polar surface area (TPSA) is 75.3 Å². The van der Waals surface area contributed by atoms with E-state index in [1.54, 1.807) is 30.2 Å². The number of aromatic nitrogens is 2. The molecule has 1 fully saturated rings. The van der Waals surface area contributed by atoms with Gasteiger partial charge in [-0.15, -0.1) is 0 Å². The zero-order valence-corrected chi connectivity index (χ0v) is 16.1. The fraction of sp³-hybridized carbons (Fsp3) is 0.318. The fourth-order valence-corrected chi connectivity index (χ4v) is 3.76. The number of H-pyrrole nitrogens is 1. The zero-order valence-electron chi connectivity index (χ0n) is 16.1. The Balaban J connectivity index is 1.39. The van der Waals surface area contributed by atoms with Crippen LogP contribution in [0.15, 0.2) is 53.5 Å². The van der Waals surface area contributed by atoms with Crippen LogP contribution in [0.3, 0.4) is 0 Å². The average Bonchev–Trinajstić information content (AvgIpc) is 2.75. The maximum Gasteiger partial charge on any atom is 0.263 e. The largest absolute Gasteiger partial charge is 0.481 e. The van der Waals surface area contributed by atoms with Gasteiger partial charge in [0.1, 0.15) is 11.6 Å². The molecular formula is C22H22FN3O3. The van der Waals surface area contributed by atoms with Crippen LogP contribution in [0, 0.1) is 5.82 Å². The van der Waals surface area contributed by atoms with Crippen molar-refractivity contribution in [2.24, 2.45) is 0 Å². The Morgan fingerprint density at radius 1 is 1.24 bits per heavy atom. The SMILES string of the molecule is C[C@H](Oc1ccc(F)cc1)C(=O)N1CCC(c2cc3ncccc3c(=O)[nH]2)CC1. The Labute approximate surface area is 167 Å². The van der Waals surface area contributed by atoms with Crippen LogP contribution < -0.4 is 10.3 Å². The van der Waals surface area contributed by atoms with Crippen LogP contribution in [0.25, 0.3) is 10.9 Å². The molecule has 0 unspecified atom stereocenters. The minimum Gasteiger partial charge on any atom is -0.481 e. The minimum atomic E-state index is -0.651. The number of carbonyl (C=O) groups excluding carboxylic acids is 1. The van der Waals surface area contributed by atoms with E-state index in [9.17, 15) is 14.0 Å². The van der Waals surface area contributed by atoms with Gasteiger partial charge in [0.05, 0.1) is 10.9 Å². The van der Waals surface area contributed by atoms with Crippen molar-refractivity contribution >= 4 is 16.8 Å². The van der Waals surface area contributed by atoms with E-state index in [4.69, 9.17) is 4.74 Å². The number of aromatic amines is 1. The lowest BCUT2D eigenvalue weighted by Gasteiger charge is -2.33. The molecule has 0 spiro atoms. The highest BCUT2D eigenvalue weighted by Crippen LogP contribution is 2.28. The lowest BCUT2D eigenvalue weighted by atomic mass is 9.92. The Morgan fingerprint density at radius 2 is 1.97 bits per heavy atom. The summed E-state index contributed by atoms with van der Waals surface area (Å²) in [7, 11) is 0. The van der Waals surface area contributed by atoms with Crippen molar-refractivity contribution in [2.75, 3.05) is 13.1 Å². The van der Waals surface area contributed by atoms with E-state index >= 15 is 0 Å². The molecular weight excluding hydrogens is 373 g/mol. The van der Waals surface area contributed by atoms with Gasteiger partial charge in [0.25, 0.3) is 11.5 Å². The first-order chi connectivity index (χ1) is 14.0. The van der Waals surface area contributed by atoms with Crippen molar-refractivity contribution in [1.82, 2.24) is 14.9 Å². The number of piperidine rings is 1. The second-order valence-corrected chi connectivity index (χ2v) is 7.30. The van der Waals surface area contributed by atoms with E-state index in [1.165, 1.54) is 24.3 Å². The van der Waals surface area contributed by atoms with Crippen molar-refractivity contribution in [3.8, 4) is 5.75 Å². The summed E-state index contributed by atoms with van der Waals surface area (Å²) in [5, 5.41) is 0.579. The molecule has 7 heteroatoms. The molecule has 0 bridgehead atoms. The molecule has 1 aromatic carbocycles. The number of carbonyl (C=O) groups is 1. The molecule has 1 atom stereocenters. The molecule has 6 nitrogen and oxygen atoms in total. The molecule has 1 saturated heterocycles. The average molecular weight is 395 g/mol. The smallest absolute Gasteiger partial charge is 0.263 e. The number of nitrogens with zero attached hydrogens (tertiary/aromatic N) is 2. The Bertz CT molecular complexity index is 1070. The third-order valence-corrected chi connectivity index (χ3v) is 5.35. The Kier molecular flexibility index (Phi) is 5.29. The molecule has 0 radical (unpaired) electrons. The van der Waals surface area contributed by atoms with E-state index in [0.29, 0.717) is 29.7 Å². The standard InChI is InChI=1S/C22H22FN3O3/c1-14(29-17-6-4-16(23)5-7-17)22(28)26-11-8-15(9-12-26)19-13-20-18(21(27)25-19)3-2-10-24-20/h2-7,10,13-15H,8-9,11-12H2,1H3,(H,25,27)/t14-/m0/s1. The normalized spacial score (nSPS) is 16.0. The highest BCUT2D eigenvalue weighted by molar-refractivity contribution is 5.81. The summed E-state index contributed by atoms with van der Waals surface area (Å²) in [6.07, 6.45) is 2.53. The first-order valence-electron chi connectivity index (χ1n) is 9.70. The van der Waals surface area contributed by atoms with Crippen LogP contribution in [0.2, 0.25) is 0 Å². The lowest BCUT2D eigenvalue weighted by Crippen LogP contribution is -2.44. The van der Waals surface area contributed by atoms with Gasteiger partial charge in [0.15, 0.2) is 6.10 Å². The number of hydrogen-bond acceptors (Lipinski definition) is 4.